The van der Waals surface area contributed by atoms with Crippen LogP contribution < -0.4 is 5.32 Å². The summed E-state index contributed by atoms with van der Waals surface area (Å²) >= 11 is 0. The number of aryl methyl sites for hydroxylation is 1. The first-order valence-electron chi connectivity index (χ1n) is 11.8. The van der Waals surface area contributed by atoms with Crippen LogP contribution in [0.3, 0.4) is 0 Å². The van der Waals surface area contributed by atoms with Crippen LogP contribution in [0.15, 0.2) is 24.3 Å². The molecule has 4 nitrogen and oxygen atoms in total. The Balaban J connectivity index is 1.18. The molecule has 1 N–H and O–H groups in total. The Morgan fingerprint density at radius 3 is 2.17 bits per heavy atom. The molecule has 158 valence electrons. The predicted octanol–water partition coefficient (Wildman–Crippen LogP) is 4.26. The van der Waals surface area contributed by atoms with Crippen molar-refractivity contribution in [2.24, 2.45) is 11.8 Å². The number of nitrogens with one attached hydrogen (secondary N) is 1. The number of nitrogens with zero attached hydrogens (tertiary/aromatic N) is 1. The highest BCUT2D eigenvalue weighted by molar-refractivity contribution is 5.79. The van der Waals surface area contributed by atoms with E-state index in [1.54, 1.807) is 0 Å². The molecule has 2 aliphatic carbocycles. The Hall–Kier alpha value is -1.84. The van der Waals surface area contributed by atoms with Gasteiger partial charge < -0.3 is 10.2 Å². The van der Waals surface area contributed by atoms with E-state index < -0.39 is 0 Å². The second-order valence-electron chi connectivity index (χ2n) is 9.47. The summed E-state index contributed by atoms with van der Waals surface area (Å²) in [6.07, 6.45) is 13.0. The number of likely N-dealkylation sites (tertiary alicyclic amines) is 1. The number of hydrogen-bond acceptors (Lipinski definition) is 2. The molecule has 0 unspecified atom stereocenters. The Morgan fingerprint density at radius 2 is 1.52 bits per heavy atom. The third-order valence-corrected chi connectivity index (χ3v) is 7.01. The maximum Gasteiger partial charge on any atom is 0.225 e. The van der Waals surface area contributed by atoms with Gasteiger partial charge in [0.2, 0.25) is 11.8 Å². The van der Waals surface area contributed by atoms with Gasteiger partial charge in [0.25, 0.3) is 0 Å². The number of benzene rings is 1. The summed E-state index contributed by atoms with van der Waals surface area (Å²) in [4.78, 5) is 26.7. The van der Waals surface area contributed by atoms with E-state index in [9.17, 15) is 9.59 Å². The molecular weight excluding hydrogens is 360 g/mol. The number of rotatable bonds is 7. The van der Waals surface area contributed by atoms with Crippen molar-refractivity contribution < 1.29 is 9.59 Å². The Labute approximate surface area is 175 Å². The summed E-state index contributed by atoms with van der Waals surface area (Å²) in [5.41, 5.74) is 2.63. The fourth-order valence-corrected chi connectivity index (χ4v) is 4.93. The molecule has 0 radical (unpaired) electrons. The average Bonchev–Trinajstić information content (AvgIpc) is 3.58. The van der Waals surface area contributed by atoms with Crippen molar-refractivity contribution in [1.29, 1.82) is 0 Å². The van der Waals surface area contributed by atoms with Crippen molar-refractivity contribution in [2.45, 2.75) is 83.1 Å². The first kappa shape index (κ1) is 20.4. The zero-order valence-electron chi connectivity index (χ0n) is 17.7. The summed E-state index contributed by atoms with van der Waals surface area (Å²) in [5, 5.41) is 3.06. The fraction of sp³-hybridized carbons (Fsp3) is 0.680. The van der Waals surface area contributed by atoms with Crippen LogP contribution in [0.5, 0.6) is 0 Å². The van der Waals surface area contributed by atoms with Gasteiger partial charge in [-0.25, -0.2) is 0 Å². The zero-order chi connectivity index (χ0) is 20.1. The maximum absolute atomic E-state index is 12.7. The van der Waals surface area contributed by atoms with Crippen LogP contribution in [0.1, 0.15) is 75.3 Å². The number of carbonyl (C=O) groups excluding carboxylic acids is 2. The van der Waals surface area contributed by atoms with Crippen molar-refractivity contribution in [3.63, 3.8) is 0 Å². The van der Waals surface area contributed by atoms with Gasteiger partial charge in [-0.3, -0.25) is 9.59 Å². The third-order valence-electron chi connectivity index (χ3n) is 7.01. The fourth-order valence-electron chi connectivity index (χ4n) is 4.93. The second-order valence-corrected chi connectivity index (χ2v) is 9.47. The van der Waals surface area contributed by atoms with Crippen LogP contribution in [0.25, 0.3) is 0 Å². The molecule has 3 fully saturated rings. The van der Waals surface area contributed by atoms with E-state index in [1.807, 2.05) is 0 Å². The quantitative estimate of drug-likeness (QED) is 0.749. The summed E-state index contributed by atoms with van der Waals surface area (Å²) in [5.74, 6) is 1.60. The van der Waals surface area contributed by atoms with E-state index in [-0.39, 0.29) is 5.91 Å². The van der Waals surface area contributed by atoms with Gasteiger partial charge in [-0.1, -0.05) is 43.5 Å². The molecule has 0 atom stereocenters. The first-order valence-corrected chi connectivity index (χ1v) is 11.8. The number of hydrogen-bond donors (Lipinski definition) is 1. The minimum atomic E-state index is 0.186. The van der Waals surface area contributed by atoms with Crippen molar-refractivity contribution in [1.82, 2.24) is 10.2 Å². The van der Waals surface area contributed by atoms with Gasteiger partial charge in [0.1, 0.15) is 0 Å². The van der Waals surface area contributed by atoms with Crippen LogP contribution in [0.2, 0.25) is 0 Å². The lowest BCUT2D eigenvalue weighted by atomic mass is 9.86. The van der Waals surface area contributed by atoms with E-state index >= 15 is 0 Å². The minimum absolute atomic E-state index is 0.186. The van der Waals surface area contributed by atoms with Gasteiger partial charge in [0.05, 0.1) is 0 Å². The summed E-state index contributed by atoms with van der Waals surface area (Å²) in [7, 11) is 0. The Morgan fingerprint density at radius 1 is 0.862 bits per heavy atom. The number of carbonyl (C=O) groups is 2. The highest BCUT2D eigenvalue weighted by Crippen LogP contribution is 2.28. The molecular formula is C25H36N2O2. The lowest BCUT2D eigenvalue weighted by molar-refractivity contribution is -0.138. The van der Waals surface area contributed by atoms with Crippen LogP contribution in [-0.2, 0) is 22.4 Å². The van der Waals surface area contributed by atoms with Gasteiger partial charge in [-0.05, 0) is 68.4 Å². The minimum Gasteiger partial charge on any atom is -0.353 e. The molecule has 2 saturated carbocycles. The molecule has 4 heteroatoms. The standard InChI is InChI=1S/C25H36N2O2/c28-24(26-23-11-12-23)13-10-19-6-8-20(9-7-19)18-21-14-16-27(17-15-21)25(29)22-4-2-1-3-5-22/h6-9,21-23H,1-5,10-18H2,(H,26,28). The molecule has 1 saturated heterocycles. The van der Waals surface area contributed by atoms with Crippen LogP contribution in [0.4, 0.5) is 0 Å². The van der Waals surface area contributed by atoms with Gasteiger partial charge in [0.15, 0.2) is 0 Å². The maximum atomic E-state index is 12.7. The van der Waals surface area contributed by atoms with Gasteiger partial charge >= 0.3 is 0 Å². The van der Waals surface area contributed by atoms with E-state index in [2.05, 4.69) is 34.5 Å². The van der Waals surface area contributed by atoms with Gasteiger partial charge in [0, 0.05) is 31.5 Å². The van der Waals surface area contributed by atoms with Crippen molar-refractivity contribution >= 4 is 11.8 Å². The predicted molar refractivity (Wildman–Crippen MR) is 116 cm³/mol. The Bertz CT molecular complexity index is 681. The summed E-state index contributed by atoms with van der Waals surface area (Å²) in [6, 6.07) is 9.28. The number of amides is 2. The molecule has 1 aromatic rings. The molecule has 0 spiro atoms. The topological polar surface area (TPSA) is 49.4 Å². The van der Waals surface area contributed by atoms with E-state index in [0.717, 1.165) is 64.5 Å². The molecule has 29 heavy (non-hydrogen) atoms. The van der Waals surface area contributed by atoms with Crippen LogP contribution in [-0.4, -0.2) is 35.8 Å². The van der Waals surface area contributed by atoms with Crippen molar-refractivity contribution in [3.8, 4) is 0 Å². The molecule has 0 bridgehead atoms. The van der Waals surface area contributed by atoms with Crippen LogP contribution >= 0.6 is 0 Å². The highest BCUT2D eigenvalue weighted by Gasteiger charge is 2.29. The van der Waals surface area contributed by atoms with Crippen molar-refractivity contribution in [2.75, 3.05) is 13.1 Å². The van der Waals surface area contributed by atoms with Gasteiger partial charge in [-0.2, -0.15) is 0 Å². The Kier molecular flexibility index (Phi) is 6.89. The lowest BCUT2D eigenvalue weighted by Crippen LogP contribution is -2.42. The van der Waals surface area contributed by atoms with E-state index in [1.165, 1.54) is 30.4 Å². The first-order chi connectivity index (χ1) is 14.2. The zero-order valence-corrected chi connectivity index (χ0v) is 17.7. The molecule has 1 aliphatic heterocycles. The lowest BCUT2D eigenvalue weighted by Gasteiger charge is -2.35. The van der Waals surface area contributed by atoms with E-state index in [4.69, 9.17) is 0 Å². The SMILES string of the molecule is O=C(CCc1ccc(CC2CCN(C(=O)C3CCCCC3)CC2)cc1)NC1CC1. The summed E-state index contributed by atoms with van der Waals surface area (Å²) in [6.45, 7) is 1.88. The molecule has 1 heterocycles. The monoisotopic (exact) mass is 396 g/mol. The third kappa shape index (κ3) is 6.07. The molecule has 2 amide bonds. The average molecular weight is 397 g/mol. The van der Waals surface area contributed by atoms with Crippen LogP contribution in [0, 0.1) is 11.8 Å². The largest absolute Gasteiger partial charge is 0.353 e. The smallest absolute Gasteiger partial charge is 0.225 e. The second kappa shape index (κ2) is 9.77. The van der Waals surface area contributed by atoms with Crippen molar-refractivity contribution in [3.05, 3.63) is 35.4 Å². The molecule has 3 aliphatic rings. The normalized spacial score (nSPS) is 21.2. The summed E-state index contributed by atoms with van der Waals surface area (Å²) < 4.78 is 0. The van der Waals surface area contributed by atoms with E-state index in [0.29, 0.717) is 30.2 Å². The molecule has 0 aromatic heterocycles. The highest BCUT2D eigenvalue weighted by atomic mass is 16.2. The number of piperidine rings is 1. The van der Waals surface area contributed by atoms with Gasteiger partial charge in [-0.15, -0.1) is 0 Å². The molecule has 4 rings (SSSR count). The molecule has 1 aromatic carbocycles.